The third kappa shape index (κ3) is 5.04. The zero-order chi connectivity index (χ0) is 21.7. The maximum atomic E-state index is 12.9. The molecule has 1 aliphatic carbocycles. The number of hydrogen-bond donors (Lipinski definition) is 1. The van der Waals surface area contributed by atoms with E-state index in [1.54, 1.807) is 19.1 Å². The van der Waals surface area contributed by atoms with Gasteiger partial charge in [0.05, 0.1) is 18.4 Å². The molecule has 2 fully saturated rings. The largest absolute Gasteiger partial charge is 0.350 e. The Morgan fingerprint density at radius 2 is 1.70 bits per heavy atom. The fourth-order valence-corrected chi connectivity index (χ4v) is 4.23. The van der Waals surface area contributed by atoms with Gasteiger partial charge >= 0.3 is 0 Å². The Kier molecular flexibility index (Phi) is 7.18. The fraction of sp³-hybridized carbons (Fsp3) is 0.545. The van der Waals surface area contributed by atoms with Gasteiger partial charge in [0.25, 0.3) is 0 Å². The number of carbonyl (C=O) groups is 4. The highest BCUT2D eigenvalue weighted by Gasteiger charge is 2.47. The summed E-state index contributed by atoms with van der Waals surface area (Å²) in [7, 11) is 0. The lowest BCUT2D eigenvalue weighted by atomic mass is 9.81. The summed E-state index contributed by atoms with van der Waals surface area (Å²) < 4.78 is 12.9. The van der Waals surface area contributed by atoms with Crippen molar-refractivity contribution < 1.29 is 23.6 Å². The number of nitrogens with one attached hydrogen (secondary N) is 1. The van der Waals surface area contributed by atoms with Crippen LogP contribution >= 0.6 is 0 Å². The van der Waals surface area contributed by atoms with Crippen molar-refractivity contribution in [1.82, 2.24) is 15.1 Å². The number of imide groups is 1. The number of nitrogens with zero attached hydrogens (tertiary/aromatic N) is 2. The molecule has 0 bridgehead atoms. The van der Waals surface area contributed by atoms with Crippen LogP contribution in [-0.4, -0.2) is 53.1 Å². The molecular weight excluding hydrogens is 389 g/mol. The van der Waals surface area contributed by atoms with Crippen LogP contribution in [0.2, 0.25) is 0 Å². The number of fused-ring (bicyclic) bond motifs is 1. The SMILES string of the molecule is CCN(CC(=O)NCc1ccc(F)cc1)C(=O)CCN1C(=O)[C@H]2CCCC[C@@H]2C1=O. The Morgan fingerprint density at radius 3 is 2.27 bits per heavy atom. The van der Waals surface area contributed by atoms with E-state index in [0.717, 1.165) is 31.2 Å². The van der Waals surface area contributed by atoms with E-state index in [0.29, 0.717) is 6.54 Å². The molecule has 0 radical (unpaired) electrons. The topological polar surface area (TPSA) is 86.8 Å². The summed E-state index contributed by atoms with van der Waals surface area (Å²) in [6, 6.07) is 5.81. The fourth-order valence-electron chi connectivity index (χ4n) is 4.23. The minimum atomic E-state index is -0.345. The van der Waals surface area contributed by atoms with Crippen LogP contribution in [0.15, 0.2) is 24.3 Å². The summed E-state index contributed by atoms with van der Waals surface area (Å²) in [5.41, 5.74) is 0.756. The predicted molar refractivity (Wildman–Crippen MR) is 107 cm³/mol. The van der Waals surface area contributed by atoms with Gasteiger partial charge in [-0.25, -0.2) is 4.39 Å². The molecule has 0 spiro atoms. The highest BCUT2D eigenvalue weighted by Crippen LogP contribution is 2.37. The summed E-state index contributed by atoms with van der Waals surface area (Å²) >= 11 is 0. The van der Waals surface area contributed by atoms with E-state index in [1.807, 2.05) is 0 Å². The van der Waals surface area contributed by atoms with Crippen LogP contribution in [0.4, 0.5) is 4.39 Å². The second-order valence-corrected chi connectivity index (χ2v) is 7.89. The van der Waals surface area contributed by atoms with Crippen molar-refractivity contribution in [2.45, 2.75) is 45.6 Å². The Labute approximate surface area is 175 Å². The van der Waals surface area contributed by atoms with Crippen molar-refractivity contribution in [3.63, 3.8) is 0 Å². The normalized spacial score (nSPS) is 20.8. The maximum absolute atomic E-state index is 12.9. The summed E-state index contributed by atoms with van der Waals surface area (Å²) in [5, 5.41) is 2.71. The molecule has 2 aliphatic rings. The zero-order valence-corrected chi connectivity index (χ0v) is 17.2. The first-order valence-electron chi connectivity index (χ1n) is 10.5. The number of amides is 4. The first-order chi connectivity index (χ1) is 14.4. The van der Waals surface area contributed by atoms with Gasteiger partial charge in [-0.05, 0) is 37.5 Å². The number of benzene rings is 1. The van der Waals surface area contributed by atoms with Gasteiger partial charge in [0, 0.05) is 26.1 Å². The first kappa shape index (κ1) is 21.9. The van der Waals surface area contributed by atoms with Gasteiger partial charge in [0.1, 0.15) is 5.82 Å². The van der Waals surface area contributed by atoms with Gasteiger partial charge in [-0.15, -0.1) is 0 Å². The molecule has 1 saturated carbocycles. The van der Waals surface area contributed by atoms with Crippen molar-refractivity contribution in [2.24, 2.45) is 11.8 Å². The number of hydrogen-bond acceptors (Lipinski definition) is 4. The number of likely N-dealkylation sites (tertiary alicyclic amines) is 1. The summed E-state index contributed by atoms with van der Waals surface area (Å²) in [6.45, 7) is 2.31. The Hall–Kier alpha value is -2.77. The monoisotopic (exact) mass is 417 g/mol. The van der Waals surface area contributed by atoms with Crippen molar-refractivity contribution in [2.75, 3.05) is 19.6 Å². The van der Waals surface area contributed by atoms with Gasteiger partial charge < -0.3 is 10.2 Å². The second kappa shape index (κ2) is 9.82. The highest BCUT2D eigenvalue weighted by molar-refractivity contribution is 6.05. The standard InChI is InChI=1S/C22H28FN3O4/c1-2-25(14-19(27)24-13-15-7-9-16(23)10-8-15)20(28)11-12-26-21(29)17-5-3-4-6-18(17)22(26)30/h7-10,17-18H,2-6,11-14H2,1H3,(H,24,27)/t17-,18-/m0/s1. The minimum absolute atomic E-state index is 0.00992. The van der Waals surface area contributed by atoms with E-state index < -0.39 is 0 Å². The molecule has 30 heavy (non-hydrogen) atoms. The average Bonchev–Trinajstić information content (AvgIpc) is 3.00. The highest BCUT2D eigenvalue weighted by atomic mass is 19.1. The lowest BCUT2D eigenvalue weighted by Crippen LogP contribution is -2.42. The molecule has 1 N–H and O–H groups in total. The molecule has 1 aromatic carbocycles. The number of rotatable bonds is 8. The van der Waals surface area contributed by atoms with Gasteiger partial charge in [0.15, 0.2) is 0 Å². The van der Waals surface area contributed by atoms with Crippen LogP contribution in [0.3, 0.4) is 0 Å². The molecule has 1 saturated heterocycles. The molecular formula is C22H28FN3O4. The van der Waals surface area contributed by atoms with Crippen LogP contribution in [-0.2, 0) is 25.7 Å². The number of likely N-dealkylation sites (N-methyl/N-ethyl adjacent to an activating group) is 1. The average molecular weight is 417 g/mol. The van der Waals surface area contributed by atoms with Crippen molar-refractivity contribution in [3.8, 4) is 0 Å². The second-order valence-electron chi connectivity index (χ2n) is 7.89. The minimum Gasteiger partial charge on any atom is -0.350 e. The Morgan fingerprint density at radius 1 is 1.10 bits per heavy atom. The zero-order valence-electron chi connectivity index (χ0n) is 17.2. The third-order valence-corrected chi connectivity index (χ3v) is 5.95. The van der Waals surface area contributed by atoms with Gasteiger partial charge in [0.2, 0.25) is 23.6 Å². The third-order valence-electron chi connectivity index (χ3n) is 5.95. The first-order valence-corrected chi connectivity index (χ1v) is 10.5. The molecule has 1 heterocycles. The van der Waals surface area contributed by atoms with Crippen LogP contribution in [0.25, 0.3) is 0 Å². The van der Waals surface area contributed by atoms with Crippen molar-refractivity contribution >= 4 is 23.6 Å². The van der Waals surface area contributed by atoms with Crippen LogP contribution in [0, 0.1) is 17.7 Å². The maximum Gasteiger partial charge on any atom is 0.239 e. The van der Waals surface area contributed by atoms with Gasteiger partial charge in [-0.3, -0.25) is 24.1 Å². The van der Waals surface area contributed by atoms with Crippen LogP contribution in [0.1, 0.15) is 44.6 Å². The molecule has 7 nitrogen and oxygen atoms in total. The molecule has 2 atom stereocenters. The molecule has 3 rings (SSSR count). The Balaban J connectivity index is 1.47. The lowest BCUT2D eigenvalue weighted by molar-refractivity contribution is -0.141. The molecule has 1 aromatic rings. The molecule has 8 heteroatoms. The van der Waals surface area contributed by atoms with Crippen molar-refractivity contribution in [1.29, 1.82) is 0 Å². The Bertz CT molecular complexity index is 787. The summed E-state index contributed by atoms with van der Waals surface area (Å²) in [6.07, 6.45) is 3.42. The molecule has 0 aromatic heterocycles. The number of carbonyl (C=O) groups excluding carboxylic acids is 4. The molecule has 0 unspecified atom stereocenters. The van der Waals surface area contributed by atoms with Gasteiger partial charge in [-0.1, -0.05) is 25.0 Å². The smallest absolute Gasteiger partial charge is 0.239 e. The summed E-state index contributed by atoms with van der Waals surface area (Å²) in [4.78, 5) is 52.4. The van der Waals surface area contributed by atoms with E-state index in [1.165, 1.54) is 21.9 Å². The molecule has 1 aliphatic heterocycles. The summed E-state index contributed by atoms with van der Waals surface area (Å²) in [5.74, 6) is -1.70. The van der Waals surface area contributed by atoms with Crippen LogP contribution < -0.4 is 5.32 Å². The van der Waals surface area contributed by atoms with Gasteiger partial charge in [-0.2, -0.15) is 0 Å². The van der Waals surface area contributed by atoms with E-state index in [9.17, 15) is 23.6 Å². The predicted octanol–water partition coefficient (Wildman–Crippen LogP) is 1.86. The van der Waals surface area contributed by atoms with E-state index in [-0.39, 0.29) is 67.3 Å². The molecule has 162 valence electrons. The van der Waals surface area contributed by atoms with E-state index >= 15 is 0 Å². The van der Waals surface area contributed by atoms with E-state index in [4.69, 9.17) is 0 Å². The van der Waals surface area contributed by atoms with Crippen LogP contribution in [0.5, 0.6) is 0 Å². The van der Waals surface area contributed by atoms with E-state index in [2.05, 4.69) is 5.32 Å². The van der Waals surface area contributed by atoms with Crippen molar-refractivity contribution in [3.05, 3.63) is 35.6 Å². The number of halogens is 1. The lowest BCUT2D eigenvalue weighted by Gasteiger charge is -2.22. The molecule has 4 amide bonds. The quantitative estimate of drug-likeness (QED) is 0.654.